The van der Waals surface area contributed by atoms with E-state index in [9.17, 15) is 0 Å². The molecule has 0 aliphatic carbocycles. The lowest BCUT2D eigenvalue weighted by Gasteiger charge is -2.17. The summed E-state index contributed by atoms with van der Waals surface area (Å²) in [6, 6.07) is 0. The van der Waals surface area contributed by atoms with Gasteiger partial charge in [-0.05, 0) is 19.8 Å². The molecule has 0 radical (unpaired) electrons. The largest absolute Gasteiger partial charge is 0.379 e. The third kappa shape index (κ3) is 24.2. The van der Waals surface area contributed by atoms with Gasteiger partial charge in [0.05, 0.1) is 12.7 Å². The van der Waals surface area contributed by atoms with Crippen LogP contribution in [0.4, 0.5) is 0 Å². The molecule has 0 aliphatic heterocycles. The van der Waals surface area contributed by atoms with Gasteiger partial charge in [0.2, 0.25) is 0 Å². The summed E-state index contributed by atoms with van der Waals surface area (Å²) in [6.07, 6.45) is 29.5. The van der Waals surface area contributed by atoms with Crippen LogP contribution < -0.4 is 0 Å². The summed E-state index contributed by atoms with van der Waals surface area (Å²) in [6.45, 7) is 9.15. The quantitative estimate of drug-likeness (QED) is 0.128. The highest BCUT2D eigenvalue weighted by Crippen LogP contribution is 2.15. The Labute approximate surface area is 191 Å². The Morgan fingerprint density at radius 3 is 1.30 bits per heavy atom. The van der Waals surface area contributed by atoms with Crippen molar-refractivity contribution in [2.75, 3.05) is 19.8 Å². The maximum absolute atomic E-state index is 5.87. The molecule has 0 aromatic heterocycles. The molecule has 0 fully saturated rings. The van der Waals surface area contributed by atoms with E-state index in [1.54, 1.807) is 0 Å². The molecule has 1 unspecified atom stereocenters. The summed E-state index contributed by atoms with van der Waals surface area (Å²) >= 11 is 0. The number of ether oxygens (including phenoxy) is 2. The van der Waals surface area contributed by atoms with Crippen LogP contribution in [0.2, 0.25) is 0 Å². The Bertz CT molecular complexity index is 292. The van der Waals surface area contributed by atoms with E-state index in [4.69, 9.17) is 9.47 Å². The molecular formula is C28H58O2. The first-order valence-electron chi connectivity index (χ1n) is 14.0. The van der Waals surface area contributed by atoms with Crippen molar-refractivity contribution in [2.45, 2.75) is 162 Å². The van der Waals surface area contributed by atoms with Gasteiger partial charge in [0.15, 0.2) is 0 Å². The fourth-order valence-corrected chi connectivity index (χ4v) is 4.22. The maximum atomic E-state index is 5.87. The number of hydrogen-bond acceptors (Lipinski definition) is 2. The molecule has 1 atom stereocenters. The van der Waals surface area contributed by atoms with Crippen molar-refractivity contribution in [1.82, 2.24) is 0 Å². The van der Waals surface area contributed by atoms with Crippen molar-refractivity contribution in [1.29, 1.82) is 0 Å². The van der Waals surface area contributed by atoms with E-state index in [1.165, 1.54) is 135 Å². The van der Waals surface area contributed by atoms with Crippen molar-refractivity contribution in [3.63, 3.8) is 0 Å². The molecule has 2 heteroatoms. The number of unbranched alkanes of at least 4 members (excludes halogenated alkanes) is 18. The number of hydrogen-bond donors (Lipinski definition) is 0. The Kier molecular flexibility index (Phi) is 26.9. The second-order valence-corrected chi connectivity index (χ2v) is 9.30. The summed E-state index contributed by atoms with van der Waals surface area (Å²) in [4.78, 5) is 0. The standard InChI is InChI=1S/C28H58O2/c1-4-7-9-11-12-13-14-15-16-17-18-19-20-21-22-23-25-28(30-6-3)27-29-26-24-10-8-5-2/h28H,4-27H2,1-3H3. The first-order valence-corrected chi connectivity index (χ1v) is 14.0. The van der Waals surface area contributed by atoms with Gasteiger partial charge in [0.25, 0.3) is 0 Å². The van der Waals surface area contributed by atoms with Gasteiger partial charge >= 0.3 is 0 Å². The minimum absolute atomic E-state index is 0.313. The lowest BCUT2D eigenvalue weighted by Crippen LogP contribution is -2.20. The summed E-state index contributed by atoms with van der Waals surface area (Å²) in [5.41, 5.74) is 0. The molecule has 0 aromatic carbocycles. The van der Waals surface area contributed by atoms with Crippen LogP contribution >= 0.6 is 0 Å². The van der Waals surface area contributed by atoms with Gasteiger partial charge in [0, 0.05) is 13.2 Å². The molecule has 2 nitrogen and oxygen atoms in total. The van der Waals surface area contributed by atoms with Crippen LogP contribution in [0, 0.1) is 0 Å². The third-order valence-electron chi connectivity index (χ3n) is 6.23. The average Bonchev–Trinajstić information content (AvgIpc) is 2.75. The van der Waals surface area contributed by atoms with Gasteiger partial charge < -0.3 is 9.47 Å². The minimum Gasteiger partial charge on any atom is -0.379 e. The van der Waals surface area contributed by atoms with Crippen molar-refractivity contribution < 1.29 is 9.47 Å². The van der Waals surface area contributed by atoms with Gasteiger partial charge in [-0.3, -0.25) is 0 Å². The van der Waals surface area contributed by atoms with E-state index in [0.29, 0.717) is 6.10 Å². The number of rotatable bonds is 26. The minimum atomic E-state index is 0.313. The molecule has 0 aliphatic rings. The molecule has 30 heavy (non-hydrogen) atoms. The normalized spacial score (nSPS) is 12.5. The van der Waals surface area contributed by atoms with Crippen LogP contribution in [0.5, 0.6) is 0 Å². The van der Waals surface area contributed by atoms with Crippen LogP contribution in [-0.4, -0.2) is 25.9 Å². The van der Waals surface area contributed by atoms with Gasteiger partial charge in [0.1, 0.15) is 0 Å². The van der Waals surface area contributed by atoms with Gasteiger partial charge in [-0.1, -0.05) is 136 Å². The zero-order valence-electron chi connectivity index (χ0n) is 21.4. The molecule has 0 amide bonds. The highest BCUT2D eigenvalue weighted by atomic mass is 16.5. The molecule has 0 aromatic rings. The Morgan fingerprint density at radius 2 is 0.867 bits per heavy atom. The smallest absolute Gasteiger partial charge is 0.0808 e. The van der Waals surface area contributed by atoms with Crippen molar-refractivity contribution >= 4 is 0 Å². The zero-order chi connectivity index (χ0) is 22.0. The molecule has 0 bridgehead atoms. The molecule has 182 valence electrons. The Hall–Kier alpha value is -0.0800. The molecular weight excluding hydrogens is 368 g/mol. The first kappa shape index (κ1) is 29.9. The van der Waals surface area contributed by atoms with E-state index in [0.717, 1.165) is 19.8 Å². The fourth-order valence-electron chi connectivity index (χ4n) is 4.22. The third-order valence-corrected chi connectivity index (χ3v) is 6.23. The molecule has 0 saturated heterocycles. The molecule has 0 N–H and O–H groups in total. The predicted octanol–water partition coefficient (Wildman–Crippen LogP) is 9.64. The zero-order valence-corrected chi connectivity index (χ0v) is 21.4. The van der Waals surface area contributed by atoms with Crippen LogP contribution in [0.15, 0.2) is 0 Å². The summed E-state index contributed by atoms with van der Waals surface area (Å²) in [7, 11) is 0. The Balaban J connectivity index is 3.31. The molecule has 0 spiro atoms. The molecule has 0 saturated carbocycles. The predicted molar refractivity (Wildman–Crippen MR) is 135 cm³/mol. The van der Waals surface area contributed by atoms with Crippen LogP contribution in [0.1, 0.15) is 156 Å². The second-order valence-electron chi connectivity index (χ2n) is 9.30. The van der Waals surface area contributed by atoms with Gasteiger partial charge in [-0.15, -0.1) is 0 Å². The Morgan fingerprint density at radius 1 is 0.467 bits per heavy atom. The lowest BCUT2D eigenvalue weighted by atomic mass is 10.0. The topological polar surface area (TPSA) is 18.5 Å². The summed E-state index contributed by atoms with van der Waals surface area (Å²) in [5.74, 6) is 0. The summed E-state index contributed by atoms with van der Waals surface area (Å²) in [5, 5.41) is 0. The van der Waals surface area contributed by atoms with Crippen molar-refractivity contribution in [3.8, 4) is 0 Å². The lowest BCUT2D eigenvalue weighted by molar-refractivity contribution is -0.0174. The van der Waals surface area contributed by atoms with Gasteiger partial charge in [-0.25, -0.2) is 0 Å². The first-order chi connectivity index (χ1) is 14.8. The van der Waals surface area contributed by atoms with E-state index in [1.807, 2.05) is 0 Å². The van der Waals surface area contributed by atoms with Crippen LogP contribution in [-0.2, 0) is 9.47 Å². The fraction of sp³-hybridized carbons (Fsp3) is 1.00. The average molecular weight is 427 g/mol. The second kappa shape index (κ2) is 27.0. The van der Waals surface area contributed by atoms with E-state index in [-0.39, 0.29) is 0 Å². The van der Waals surface area contributed by atoms with Crippen molar-refractivity contribution in [3.05, 3.63) is 0 Å². The van der Waals surface area contributed by atoms with Crippen LogP contribution in [0.3, 0.4) is 0 Å². The summed E-state index contributed by atoms with van der Waals surface area (Å²) < 4.78 is 11.7. The highest BCUT2D eigenvalue weighted by Gasteiger charge is 2.08. The van der Waals surface area contributed by atoms with E-state index in [2.05, 4.69) is 20.8 Å². The highest BCUT2D eigenvalue weighted by molar-refractivity contribution is 4.58. The van der Waals surface area contributed by atoms with E-state index < -0.39 is 0 Å². The van der Waals surface area contributed by atoms with Crippen molar-refractivity contribution in [2.24, 2.45) is 0 Å². The molecule has 0 rings (SSSR count). The van der Waals surface area contributed by atoms with E-state index >= 15 is 0 Å². The molecule has 0 heterocycles. The van der Waals surface area contributed by atoms with Gasteiger partial charge in [-0.2, -0.15) is 0 Å². The SMILES string of the molecule is CCCCCCCCCCCCCCCCCCC(COCCCCCC)OCC. The monoisotopic (exact) mass is 426 g/mol. The van der Waals surface area contributed by atoms with Crippen LogP contribution in [0.25, 0.3) is 0 Å². The maximum Gasteiger partial charge on any atom is 0.0808 e.